The van der Waals surface area contributed by atoms with E-state index in [2.05, 4.69) is 17.0 Å². The van der Waals surface area contributed by atoms with Gasteiger partial charge in [0.15, 0.2) is 17.8 Å². The number of methoxy groups -OCH3 is 1. The van der Waals surface area contributed by atoms with E-state index in [1.165, 1.54) is 7.11 Å². The second-order valence-corrected chi connectivity index (χ2v) is 6.38. The number of anilines is 1. The number of hydrogen-bond acceptors (Lipinski definition) is 5. The lowest BCUT2D eigenvalue weighted by molar-refractivity contribution is 0.112. The lowest BCUT2D eigenvalue weighted by Gasteiger charge is -2.25. The fourth-order valence-electron chi connectivity index (χ4n) is 3.33. The van der Waals surface area contributed by atoms with Crippen molar-refractivity contribution in [2.24, 2.45) is 0 Å². The average molecular weight is 353 g/mol. The summed E-state index contributed by atoms with van der Waals surface area (Å²) in [6.07, 6.45) is 6.56. The van der Waals surface area contributed by atoms with Gasteiger partial charge in [-0.3, -0.25) is 4.79 Å². The van der Waals surface area contributed by atoms with E-state index in [4.69, 9.17) is 4.74 Å². The molecular weight excluding hydrogens is 330 g/mol. The van der Waals surface area contributed by atoms with Crippen molar-refractivity contribution >= 4 is 24.1 Å². The SMILES string of the molecule is COc1cc(/C=C/c2ccc(N3CCCC3CO)cc2)cc(C=O)c1O. The molecule has 1 saturated heterocycles. The van der Waals surface area contributed by atoms with Crippen LogP contribution in [0.15, 0.2) is 36.4 Å². The molecule has 2 aromatic rings. The Balaban J connectivity index is 1.78. The number of carbonyl (C=O) groups excluding carboxylic acids is 1. The topological polar surface area (TPSA) is 70.0 Å². The second kappa shape index (κ2) is 8.06. The molecule has 1 fully saturated rings. The van der Waals surface area contributed by atoms with Crippen LogP contribution in [0.1, 0.15) is 34.3 Å². The Morgan fingerprint density at radius 2 is 1.92 bits per heavy atom. The van der Waals surface area contributed by atoms with Crippen LogP contribution in [0.5, 0.6) is 11.5 Å². The number of phenols is 1. The summed E-state index contributed by atoms with van der Waals surface area (Å²) in [5, 5.41) is 19.3. The fourth-order valence-corrected chi connectivity index (χ4v) is 3.33. The van der Waals surface area contributed by atoms with Gasteiger partial charge in [0.25, 0.3) is 0 Å². The van der Waals surface area contributed by atoms with Gasteiger partial charge in [0.2, 0.25) is 0 Å². The molecular formula is C21H23NO4. The van der Waals surface area contributed by atoms with Gasteiger partial charge in [-0.1, -0.05) is 24.3 Å². The maximum Gasteiger partial charge on any atom is 0.168 e. The summed E-state index contributed by atoms with van der Waals surface area (Å²) >= 11 is 0. The number of aliphatic hydroxyl groups is 1. The van der Waals surface area contributed by atoms with Crippen molar-refractivity contribution in [3.63, 3.8) is 0 Å². The fraction of sp³-hybridized carbons (Fsp3) is 0.286. The first-order chi connectivity index (χ1) is 12.7. The molecule has 26 heavy (non-hydrogen) atoms. The van der Waals surface area contributed by atoms with Gasteiger partial charge in [0, 0.05) is 12.2 Å². The number of carbonyl (C=O) groups is 1. The van der Waals surface area contributed by atoms with Gasteiger partial charge in [-0.15, -0.1) is 0 Å². The second-order valence-electron chi connectivity index (χ2n) is 6.38. The highest BCUT2D eigenvalue weighted by Gasteiger charge is 2.23. The molecule has 0 aliphatic carbocycles. The normalized spacial score (nSPS) is 17.0. The van der Waals surface area contributed by atoms with E-state index in [9.17, 15) is 15.0 Å². The third kappa shape index (κ3) is 3.73. The molecule has 0 saturated carbocycles. The minimum Gasteiger partial charge on any atom is -0.504 e. The molecule has 0 spiro atoms. The van der Waals surface area contributed by atoms with Crippen molar-refractivity contribution in [1.29, 1.82) is 0 Å². The van der Waals surface area contributed by atoms with Crippen molar-refractivity contribution in [2.75, 3.05) is 25.2 Å². The Bertz CT molecular complexity index is 798. The van der Waals surface area contributed by atoms with Crippen LogP contribution in [0.25, 0.3) is 12.2 Å². The molecule has 0 amide bonds. The third-order valence-electron chi connectivity index (χ3n) is 4.75. The van der Waals surface area contributed by atoms with Crippen LogP contribution < -0.4 is 9.64 Å². The number of rotatable bonds is 6. The zero-order valence-corrected chi connectivity index (χ0v) is 14.8. The Labute approximate surface area is 153 Å². The molecule has 1 aliphatic heterocycles. The van der Waals surface area contributed by atoms with E-state index in [-0.39, 0.29) is 29.7 Å². The Hall–Kier alpha value is -2.79. The maximum atomic E-state index is 11.1. The molecule has 3 rings (SSSR count). The minimum absolute atomic E-state index is 0.145. The summed E-state index contributed by atoms with van der Waals surface area (Å²) in [5.74, 6) is 0.127. The van der Waals surface area contributed by atoms with Crippen LogP contribution in [-0.2, 0) is 0 Å². The van der Waals surface area contributed by atoms with E-state index in [1.807, 2.05) is 24.3 Å². The van der Waals surface area contributed by atoms with Crippen molar-refractivity contribution in [1.82, 2.24) is 0 Å². The van der Waals surface area contributed by atoms with Crippen molar-refractivity contribution < 1.29 is 19.7 Å². The van der Waals surface area contributed by atoms with E-state index >= 15 is 0 Å². The largest absolute Gasteiger partial charge is 0.504 e. The molecule has 0 radical (unpaired) electrons. The lowest BCUT2D eigenvalue weighted by atomic mass is 10.1. The van der Waals surface area contributed by atoms with Crippen LogP contribution in [0.4, 0.5) is 5.69 Å². The van der Waals surface area contributed by atoms with Gasteiger partial charge in [0.05, 0.1) is 25.3 Å². The average Bonchev–Trinajstić information content (AvgIpc) is 3.16. The van der Waals surface area contributed by atoms with Crippen LogP contribution in [0.3, 0.4) is 0 Å². The van der Waals surface area contributed by atoms with Crippen LogP contribution in [-0.4, -0.2) is 42.8 Å². The van der Waals surface area contributed by atoms with Gasteiger partial charge in [-0.2, -0.15) is 0 Å². The molecule has 1 atom stereocenters. The highest BCUT2D eigenvalue weighted by molar-refractivity contribution is 5.84. The predicted octanol–water partition coefficient (Wildman–Crippen LogP) is 3.34. The van der Waals surface area contributed by atoms with Crippen molar-refractivity contribution in [2.45, 2.75) is 18.9 Å². The molecule has 1 unspecified atom stereocenters. The number of phenolic OH excluding ortho intramolecular Hbond substituents is 1. The minimum atomic E-state index is -0.145. The van der Waals surface area contributed by atoms with E-state index in [0.717, 1.165) is 36.2 Å². The Kier molecular flexibility index (Phi) is 5.58. The van der Waals surface area contributed by atoms with Crippen LogP contribution in [0.2, 0.25) is 0 Å². The van der Waals surface area contributed by atoms with Gasteiger partial charge in [-0.25, -0.2) is 0 Å². The van der Waals surface area contributed by atoms with Gasteiger partial charge < -0.3 is 19.8 Å². The summed E-state index contributed by atoms with van der Waals surface area (Å²) in [6.45, 7) is 1.16. The summed E-state index contributed by atoms with van der Waals surface area (Å²) in [5.41, 5.74) is 3.11. The molecule has 136 valence electrons. The van der Waals surface area contributed by atoms with Gasteiger partial charge in [-0.05, 0) is 48.2 Å². The summed E-state index contributed by atoms with van der Waals surface area (Å²) in [6, 6.07) is 11.7. The van der Waals surface area contributed by atoms with E-state index in [0.29, 0.717) is 6.29 Å². The lowest BCUT2D eigenvalue weighted by Crippen LogP contribution is -2.31. The summed E-state index contributed by atoms with van der Waals surface area (Å²) in [7, 11) is 1.45. The van der Waals surface area contributed by atoms with Gasteiger partial charge in [0.1, 0.15) is 0 Å². The van der Waals surface area contributed by atoms with Gasteiger partial charge >= 0.3 is 0 Å². The number of nitrogens with zero attached hydrogens (tertiary/aromatic N) is 1. The summed E-state index contributed by atoms with van der Waals surface area (Å²) < 4.78 is 5.10. The molecule has 1 aliphatic rings. The third-order valence-corrected chi connectivity index (χ3v) is 4.75. The molecule has 0 bridgehead atoms. The number of aliphatic hydroxyl groups excluding tert-OH is 1. The van der Waals surface area contributed by atoms with Crippen LogP contribution in [0, 0.1) is 0 Å². The molecule has 1 heterocycles. The Morgan fingerprint density at radius 3 is 2.58 bits per heavy atom. The zero-order valence-electron chi connectivity index (χ0n) is 14.8. The highest BCUT2D eigenvalue weighted by Crippen LogP contribution is 2.31. The van der Waals surface area contributed by atoms with Crippen molar-refractivity contribution in [3.8, 4) is 11.5 Å². The first-order valence-corrected chi connectivity index (χ1v) is 8.68. The Morgan fingerprint density at radius 1 is 1.19 bits per heavy atom. The maximum absolute atomic E-state index is 11.1. The number of hydrogen-bond donors (Lipinski definition) is 2. The summed E-state index contributed by atoms with van der Waals surface area (Å²) in [4.78, 5) is 13.3. The monoisotopic (exact) mass is 353 g/mol. The predicted molar refractivity (Wildman–Crippen MR) is 103 cm³/mol. The molecule has 2 aromatic carbocycles. The molecule has 0 aromatic heterocycles. The van der Waals surface area contributed by atoms with E-state index < -0.39 is 0 Å². The smallest absolute Gasteiger partial charge is 0.168 e. The highest BCUT2D eigenvalue weighted by atomic mass is 16.5. The van der Waals surface area contributed by atoms with E-state index in [1.54, 1.807) is 12.1 Å². The zero-order chi connectivity index (χ0) is 18.5. The number of aromatic hydroxyl groups is 1. The van der Waals surface area contributed by atoms with Crippen LogP contribution >= 0.6 is 0 Å². The van der Waals surface area contributed by atoms with Crippen molar-refractivity contribution in [3.05, 3.63) is 53.1 Å². The first kappa shape index (κ1) is 18.0. The number of aldehydes is 1. The molecule has 5 nitrogen and oxygen atoms in total. The number of ether oxygens (including phenoxy) is 1. The first-order valence-electron chi connectivity index (χ1n) is 8.68. The molecule has 2 N–H and O–H groups in total. The molecule has 5 heteroatoms. The standard InChI is InChI=1S/C21H23NO4/c1-26-20-12-16(11-17(13-23)21(20)25)5-4-15-6-8-18(9-7-15)22-10-2-3-19(22)14-24/h4-9,11-13,19,24-25H,2-3,10,14H2,1H3/b5-4+. The quantitative estimate of drug-likeness (QED) is 0.616. The number of benzene rings is 2.